The van der Waals surface area contributed by atoms with Gasteiger partial charge in [0.15, 0.2) is 0 Å². The topological polar surface area (TPSA) is 59.6 Å². The summed E-state index contributed by atoms with van der Waals surface area (Å²) in [6.45, 7) is 9.84. The van der Waals surface area contributed by atoms with E-state index in [9.17, 15) is 4.79 Å². The molecule has 5 heteroatoms. The van der Waals surface area contributed by atoms with E-state index < -0.39 is 5.60 Å². The summed E-state index contributed by atoms with van der Waals surface area (Å²) in [5, 5.41) is 5.95. The predicted molar refractivity (Wildman–Crippen MR) is 68.2 cm³/mol. The predicted octanol–water partition coefficient (Wildman–Crippen LogP) is 1.53. The molecule has 0 aliphatic rings. The molecule has 1 unspecified atom stereocenters. The third-order valence-corrected chi connectivity index (χ3v) is 2.03. The molecule has 5 nitrogen and oxygen atoms in total. The smallest absolute Gasteiger partial charge is 0.407 e. The minimum Gasteiger partial charge on any atom is -0.444 e. The maximum Gasteiger partial charge on any atom is 0.407 e. The van der Waals surface area contributed by atoms with Crippen molar-refractivity contribution in [2.24, 2.45) is 0 Å². The lowest BCUT2D eigenvalue weighted by molar-refractivity contribution is 0.0527. The molecule has 0 aliphatic heterocycles. The van der Waals surface area contributed by atoms with Crippen molar-refractivity contribution in [3.8, 4) is 0 Å². The second-order valence-electron chi connectivity index (χ2n) is 5.03. The van der Waals surface area contributed by atoms with Crippen LogP contribution in [0.15, 0.2) is 0 Å². The second-order valence-corrected chi connectivity index (χ2v) is 5.03. The first-order valence-corrected chi connectivity index (χ1v) is 6.05. The number of rotatable bonds is 7. The summed E-state index contributed by atoms with van der Waals surface area (Å²) in [4.78, 5) is 11.3. The van der Waals surface area contributed by atoms with Crippen LogP contribution in [0.25, 0.3) is 0 Å². The van der Waals surface area contributed by atoms with Gasteiger partial charge in [-0.15, -0.1) is 0 Å². The van der Waals surface area contributed by atoms with Crippen molar-refractivity contribution < 1.29 is 14.3 Å². The maximum absolute atomic E-state index is 11.3. The summed E-state index contributed by atoms with van der Waals surface area (Å²) < 4.78 is 10.2. The van der Waals surface area contributed by atoms with Gasteiger partial charge in [-0.1, -0.05) is 0 Å². The Labute approximate surface area is 104 Å². The van der Waals surface area contributed by atoms with Gasteiger partial charge in [0.25, 0.3) is 0 Å². The summed E-state index contributed by atoms with van der Waals surface area (Å²) in [5.74, 6) is 0. The Hall–Kier alpha value is -0.810. The van der Waals surface area contributed by atoms with E-state index >= 15 is 0 Å². The Bertz CT molecular complexity index is 214. The second kappa shape index (κ2) is 8.31. The van der Waals surface area contributed by atoms with Crippen molar-refractivity contribution in [1.29, 1.82) is 0 Å². The molecule has 0 aliphatic carbocycles. The van der Waals surface area contributed by atoms with Crippen LogP contribution in [0.1, 0.15) is 34.1 Å². The van der Waals surface area contributed by atoms with Crippen molar-refractivity contribution in [2.75, 3.05) is 26.7 Å². The van der Waals surface area contributed by atoms with Crippen LogP contribution in [-0.4, -0.2) is 44.5 Å². The lowest BCUT2D eigenvalue weighted by Crippen LogP contribution is -2.34. The molecule has 0 fully saturated rings. The van der Waals surface area contributed by atoms with Crippen LogP contribution in [0.4, 0.5) is 4.79 Å². The molecule has 0 bridgehead atoms. The van der Waals surface area contributed by atoms with Crippen molar-refractivity contribution in [1.82, 2.24) is 10.6 Å². The third kappa shape index (κ3) is 11.5. The maximum atomic E-state index is 11.3. The average molecular weight is 246 g/mol. The minimum atomic E-state index is -0.434. The van der Waals surface area contributed by atoms with Crippen molar-refractivity contribution in [2.45, 2.75) is 45.8 Å². The van der Waals surface area contributed by atoms with Gasteiger partial charge in [0, 0.05) is 20.2 Å². The van der Waals surface area contributed by atoms with Crippen LogP contribution in [-0.2, 0) is 9.47 Å². The SMILES string of the molecule is COC(C)CNCCCNC(=O)OC(C)(C)C. The van der Waals surface area contributed by atoms with E-state index in [1.807, 2.05) is 27.7 Å². The highest BCUT2D eigenvalue weighted by Gasteiger charge is 2.15. The molecule has 0 spiro atoms. The molecule has 102 valence electrons. The van der Waals surface area contributed by atoms with Crippen LogP contribution in [0.2, 0.25) is 0 Å². The summed E-state index contributed by atoms with van der Waals surface area (Å²) in [6.07, 6.45) is 0.729. The quantitative estimate of drug-likeness (QED) is 0.669. The van der Waals surface area contributed by atoms with E-state index in [0.717, 1.165) is 19.5 Å². The normalized spacial score (nSPS) is 13.2. The molecule has 17 heavy (non-hydrogen) atoms. The van der Waals surface area contributed by atoms with Crippen molar-refractivity contribution >= 4 is 6.09 Å². The zero-order chi connectivity index (χ0) is 13.3. The van der Waals surface area contributed by atoms with E-state index in [4.69, 9.17) is 9.47 Å². The molecular weight excluding hydrogens is 220 g/mol. The van der Waals surface area contributed by atoms with Gasteiger partial charge in [-0.3, -0.25) is 0 Å². The standard InChI is InChI=1S/C12H26N2O3/c1-10(16-5)9-13-7-6-8-14-11(15)17-12(2,3)4/h10,13H,6-9H2,1-5H3,(H,14,15). The Morgan fingerprint density at radius 3 is 2.47 bits per heavy atom. The third-order valence-electron chi connectivity index (χ3n) is 2.03. The van der Waals surface area contributed by atoms with Crippen LogP contribution in [0.3, 0.4) is 0 Å². The summed E-state index contributed by atoms with van der Waals surface area (Å²) >= 11 is 0. The highest BCUT2D eigenvalue weighted by atomic mass is 16.6. The molecule has 2 N–H and O–H groups in total. The fourth-order valence-electron chi connectivity index (χ4n) is 1.11. The van der Waals surface area contributed by atoms with Gasteiger partial charge in [-0.25, -0.2) is 4.79 Å². The van der Waals surface area contributed by atoms with Gasteiger partial charge in [0.05, 0.1) is 6.10 Å². The van der Waals surface area contributed by atoms with E-state index in [0.29, 0.717) is 6.54 Å². The lowest BCUT2D eigenvalue weighted by Gasteiger charge is -2.19. The van der Waals surface area contributed by atoms with Crippen LogP contribution < -0.4 is 10.6 Å². The van der Waals surface area contributed by atoms with Crippen LogP contribution >= 0.6 is 0 Å². The molecule has 1 atom stereocenters. The fraction of sp³-hybridized carbons (Fsp3) is 0.917. The minimum absolute atomic E-state index is 0.216. The van der Waals surface area contributed by atoms with E-state index in [-0.39, 0.29) is 12.2 Å². The van der Waals surface area contributed by atoms with E-state index in [1.165, 1.54) is 0 Å². The molecular formula is C12H26N2O3. The van der Waals surface area contributed by atoms with Gasteiger partial charge < -0.3 is 20.1 Å². The average Bonchev–Trinajstić information content (AvgIpc) is 2.20. The Morgan fingerprint density at radius 1 is 1.29 bits per heavy atom. The first-order valence-electron chi connectivity index (χ1n) is 6.05. The number of amides is 1. The van der Waals surface area contributed by atoms with Crippen LogP contribution in [0.5, 0.6) is 0 Å². The molecule has 0 aromatic rings. The fourth-order valence-corrected chi connectivity index (χ4v) is 1.11. The largest absolute Gasteiger partial charge is 0.444 e. The molecule has 0 saturated heterocycles. The number of hydrogen-bond donors (Lipinski definition) is 2. The van der Waals surface area contributed by atoms with Crippen LogP contribution in [0, 0.1) is 0 Å². The summed E-state index contributed by atoms with van der Waals surface area (Å²) in [6, 6.07) is 0. The molecule has 1 amide bonds. The molecule has 0 aromatic heterocycles. The molecule has 0 rings (SSSR count). The van der Waals surface area contributed by atoms with E-state index in [2.05, 4.69) is 10.6 Å². The number of carbonyl (C=O) groups is 1. The van der Waals surface area contributed by atoms with Gasteiger partial charge in [-0.05, 0) is 40.7 Å². The number of alkyl carbamates (subject to hydrolysis) is 1. The first kappa shape index (κ1) is 16.2. The zero-order valence-corrected chi connectivity index (χ0v) is 11.6. The van der Waals surface area contributed by atoms with Gasteiger partial charge in [0.2, 0.25) is 0 Å². The molecule has 0 heterocycles. The number of nitrogens with one attached hydrogen (secondary N) is 2. The van der Waals surface area contributed by atoms with E-state index in [1.54, 1.807) is 7.11 Å². The monoisotopic (exact) mass is 246 g/mol. The molecule has 0 aromatic carbocycles. The highest BCUT2D eigenvalue weighted by molar-refractivity contribution is 5.67. The first-order chi connectivity index (χ1) is 7.85. The highest BCUT2D eigenvalue weighted by Crippen LogP contribution is 2.06. The van der Waals surface area contributed by atoms with Gasteiger partial charge >= 0.3 is 6.09 Å². The number of hydrogen-bond acceptors (Lipinski definition) is 4. The van der Waals surface area contributed by atoms with Gasteiger partial charge in [-0.2, -0.15) is 0 Å². The zero-order valence-electron chi connectivity index (χ0n) is 11.6. The number of carbonyl (C=O) groups excluding carboxylic acids is 1. The Morgan fingerprint density at radius 2 is 1.94 bits per heavy atom. The summed E-state index contributed by atoms with van der Waals surface area (Å²) in [7, 11) is 1.69. The lowest BCUT2D eigenvalue weighted by atomic mass is 10.2. The molecule has 0 radical (unpaired) electrons. The number of ether oxygens (including phenoxy) is 2. The van der Waals surface area contributed by atoms with Crippen molar-refractivity contribution in [3.05, 3.63) is 0 Å². The van der Waals surface area contributed by atoms with Gasteiger partial charge in [0.1, 0.15) is 5.60 Å². The van der Waals surface area contributed by atoms with Crippen molar-refractivity contribution in [3.63, 3.8) is 0 Å². The Balaban J connectivity index is 3.37. The summed E-state index contributed by atoms with van der Waals surface area (Å²) in [5.41, 5.74) is -0.434. The number of methoxy groups -OCH3 is 1. The molecule has 0 saturated carbocycles. The Kier molecular flexibility index (Phi) is 7.91.